The summed E-state index contributed by atoms with van der Waals surface area (Å²) in [7, 11) is 0. The standard InChI is InChI=1S/C27H31ClFN5O/c1-3-31-13-15-32(16-14-31)26-25(19(2)30-34(26)24-6-4-5-22(29)17-24)18-33(23-11-12-23)27(35)20-7-9-21(28)10-8-20/h4-10,17,23H,3,11-16,18H2,1-2H3. The van der Waals surface area contributed by atoms with E-state index in [2.05, 4.69) is 16.7 Å². The van der Waals surface area contributed by atoms with Crippen molar-refractivity contribution < 1.29 is 9.18 Å². The maximum absolute atomic E-state index is 14.2. The van der Waals surface area contributed by atoms with E-state index >= 15 is 0 Å². The number of piperazine rings is 1. The highest BCUT2D eigenvalue weighted by Crippen LogP contribution is 2.35. The van der Waals surface area contributed by atoms with Crippen molar-refractivity contribution in [3.63, 3.8) is 0 Å². The highest BCUT2D eigenvalue weighted by atomic mass is 35.5. The second kappa shape index (κ2) is 9.99. The first-order valence-electron chi connectivity index (χ1n) is 12.3. The van der Waals surface area contributed by atoms with Crippen molar-refractivity contribution in [1.29, 1.82) is 0 Å². The van der Waals surface area contributed by atoms with Gasteiger partial charge in [-0.2, -0.15) is 5.10 Å². The number of nitrogens with zero attached hydrogens (tertiary/aromatic N) is 5. The molecule has 1 aromatic heterocycles. The molecule has 5 rings (SSSR count). The Morgan fingerprint density at radius 1 is 1.11 bits per heavy atom. The minimum atomic E-state index is -0.295. The van der Waals surface area contributed by atoms with E-state index in [-0.39, 0.29) is 17.8 Å². The van der Waals surface area contributed by atoms with E-state index in [9.17, 15) is 9.18 Å². The Balaban J connectivity index is 1.53. The summed E-state index contributed by atoms with van der Waals surface area (Å²) in [6.07, 6.45) is 2.00. The van der Waals surface area contributed by atoms with Crippen molar-refractivity contribution in [2.75, 3.05) is 37.6 Å². The molecule has 2 aliphatic rings. The summed E-state index contributed by atoms with van der Waals surface area (Å²) in [6.45, 7) is 9.28. The highest BCUT2D eigenvalue weighted by molar-refractivity contribution is 6.30. The summed E-state index contributed by atoms with van der Waals surface area (Å²) in [6, 6.07) is 13.8. The van der Waals surface area contributed by atoms with Gasteiger partial charge in [0, 0.05) is 48.4 Å². The Morgan fingerprint density at radius 2 is 1.83 bits per heavy atom. The second-order valence-corrected chi connectivity index (χ2v) is 9.81. The average Bonchev–Trinajstić information content (AvgIpc) is 3.66. The zero-order chi connectivity index (χ0) is 24.5. The molecule has 3 aromatic rings. The van der Waals surface area contributed by atoms with Gasteiger partial charge in [-0.05, 0) is 68.8 Å². The first kappa shape index (κ1) is 23.8. The number of aryl methyl sites for hydroxylation is 1. The molecule has 2 fully saturated rings. The minimum Gasteiger partial charge on any atom is -0.354 e. The molecular formula is C27H31ClFN5O. The van der Waals surface area contributed by atoms with Crippen LogP contribution < -0.4 is 4.90 Å². The quantitative estimate of drug-likeness (QED) is 0.466. The van der Waals surface area contributed by atoms with Gasteiger partial charge in [-0.15, -0.1) is 0 Å². The Hall–Kier alpha value is -2.90. The van der Waals surface area contributed by atoms with E-state index in [1.807, 2.05) is 22.6 Å². The number of hydrogen-bond acceptors (Lipinski definition) is 4. The number of anilines is 1. The molecule has 1 aliphatic heterocycles. The maximum Gasteiger partial charge on any atom is 0.254 e. The van der Waals surface area contributed by atoms with E-state index < -0.39 is 0 Å². The minimum absolute atomic E-state index is 0.00354. The molecule has 8 heteroatoms. The van der Waals surface area contributed by atoms with Gasteiger partial charge in [-0.1, -0.05) is 24.6 Å². The molecule has 2 heterocycles. The number of hydrogen-bond donors (Lipinski definition) is 0. The second-order valence-electron chi connectivity index (χ2n) is 9.37. The molecule has 184 valence electrons. The van der Waals surface area contributed by atoms with Crippen molar-refractivity contribution in [3.05, 3.63) is 76.2 Å². The molecule has 1 saturated carbocycles. The van der Waals surface area contributed by atoms with Crippen LogP contribution >= 0.6 is 11.6 Å². The summed E-state index contributed by atoms with van der Waals surface area (Å²) in [4.78, 5) is 20.3. The monoisotopic (exact) mass is 495 g/mol. The first-order valence-corrected chi connectivity index (χ1v) is 12.7. The fourth-order valence-corrected chi connectivity index (χ4v) is 4.93. The molecule has 1 amide bonds. The van der Waals surface area contributed by atoms with Crippen LogP contribution in [0.25, 0.3) is 5.69 Å². The summed E-state index contributed by atoms with van der Waals surface area (Å²) in [5.41, 5.74) is 3.20. The molecular weight excluding hydrogens is 465 g/mol. The molecule has 1 saturated heterocycles. The van der Waals surface area contributed by atoms with Gasteiger partial charge < -0.3 is 14.7 Å². The summed E-state index contributed by atoms with van der Waals surface area (Å²) in [5, 5.41) is 5.46. The first-order chi connectivity index (χ1) is 16.9. The lowest BCUT2D eigenvalue weighted by Gasteiger charge is -2.36. The third-order valence-corrected chi connectivity index (χ3v) is 7.25. The number of carbonyl (C=O) groups excluding carboxylic acids is 1. The zero-order valence-electron chi connectivity index (χ0n) is 20.3. The predicted octanol–water partition coefficient (Wildman–Crippen LogP) is 4.92. The van der Waals surface area contributed by atoms with Crippen LogP contribution in [0.2, 0.25) is 5.02 Å². The number of rotatable bonds is 7. The zero-order valence-corrected chi connectivity index (χ0v) is 21.0. The van der Waals surface area contributed by atoms with Crippen LogP contribution in [0.1, 0.15) is 41.4 Å². The molecule has 0 radical (unpaired) electrons. The molecule has 0 N–H and O–H groups in total. The number of amides is 1. The van der Waals surface area contributed by atoms with Gasteiger partial charge in [-0.3, -0.25) is 4.79 Å². The number of carbonyl (C=O) groups is 1. The Kier molecular flexibility index (Phi) is 6.80. The summed E-state index contributed by atoms with van der Waals surface area (Å²) in [5.74, 6) is 0.665. The van der Waals surface area contributed by atoms with Crippen LogP contribution in [0, 0.1) is 12.7 Å². The summed E-state index contributed by atoms with van der Waals surface area (Å²) < 4.78 is 16.0. The van der Waals surface area contributed by atoms with Crippen LogP contribution in [0.3, 0.4) is 0 Å². The fourth-order valence-electron chi connectivity index (χ4n) is 4.80. The van der Waals surface area contributed by atoms with Crippen molar-refractivity contribution in [2.24, 2.45) is 0 Å². The van der Waals surface area contributed by atoms with Gasteiger partial charge in [0.25, 0.3) is 5.91 Å². The number of benzene rings is 2. The van der Waals surface area contributed by atoms with E-state index in [4.69, 9.17) is 16.7 Å². The third kappa shape index (κ3) is 5.07. The van der Waals surface area contributed by atoms with E-state index in [0.717, 1.165) is 62.6 Å². The Bertz CT molecular complexity index is 1200. The van der Waals surface area contributed by atoms with E-state index in [0.29, 0.717) is 22.8 Å². The van der Waals surface area contributed by atoms with Crippen molar-refractivity contribution in [1.82, 2.24) is 19.6 Å². The van der Waals surface area contributed by atoms with Gasteiger partial charge in [0.2, 0.25) is 0 Å². The molecule has 2 aromatic carbocycles. The lowest BCUT2D eigenvalue weighted by molar-refractivity contribution is 0.0730. The van der Waals surface area contributed by atoms with Gasteiger partial charge in [0.05, 0.1) is 17.9 Å². The van der Waals surface area contributed by atoms with Crippen LogP contribution in [-0.2, 0) is 6.54 Å². The van der Waals surface area contributed by atoms with Gasteiger partial charge >= 0.3 is 0 Å². The van der Waals surface area contributed by atoms with E-state index in [1.165, 1.54) is 12.1 Å². The molecule has 6 nitrogen and oxygen atoms in total. The normalized spacial score (nSPS) is 16.5. The van der Waals surface area contributed by atoms with Crippen LogP contribution in [-0.4, -0.2) is 64.3 Å². The van der Waals surface area contributed by atoms with Crippen LogP contribution in [0.4, 0.5) is 10.2 Å². The van der Waals surface area contributed by atoms with Crippen molar-refractivity contribution in [3.8, 4) is 5.69 Å². The number of aromatic nitrogens is 2. The van der Waals surface area contributed by atoms with Crippen LogP contribution in [0.15, 0.2) is 48.5 Å². The highest BCUT2D eigenvalue weighted by Gasteiger charge is 2.35. The molecule has 0 unspecified atom stereocenters. The molecule has 0 atom stereocenters. The molecule has 35 heavy (non-hydrogen) atoms. The topological polar surface area (TPSA) is 44.6 Å². The van der Waals surface area contributed by atoms with Gasteiger partial charge in [-0.25, -0.2) is 9.07 Å². The smallest absolute Gasteiger partial charge is 0.254 e. The van der Waals surface area contributed by atoms with Crippen LogP contribution in [0.5, 0.6) is 0 Å². The third-order valence-electron chi connectivity index (χ3n) is 7.00. The Labute approximate surface area is 210 Å². The number of likely N-dealkylation sites (N-methyl/N-ethyl adjacent to an activating group) is 1. The van der Waals surface area contributed by atoms with E-state index in [1.54, 1.807) is 30.3 Å². The largest absolute Gasteiger partial charge is 0.354 e. The SMILES string of the molecule is CCN1CCN(c2c(CN(C(=O)c3ccc(Cl)cc3)C3CC3)c(C)nn2-c2cccc(F)c2)CC1. The van der Waals surface area contributed by atoms with Gasteiger partial charge in [0.15, 0.2) is 0 Å². The average molecular weight is 496 g/mol. The van der Waals surface area contributed by atoms with Crippen molar-refractivity contribution >= 4 is 23.3 Å². The molecule has 0 bridgehead atoms. The molecule has 1 aliphatic carbocycles. The lowest BCUT2D eigenvalue weighted by Crippen LogP contribution is -2.47. The fraction of sp³-hybridized carbons (Fsp3) is 0.407. The van der Waals surface area contributed by atoms with Crippen molar-refractivity contribution in [2.45, 2.75) is 39.3 Å². The molecule has 0 spiro atoms. The summed E-state index contributed by atoms with van der Waals surface area (Å²) >= 11 is 6.05. The maximum atomic E-state index is 14.2. The number of halogens is 2. The van der Waals surface area contributed by atoms with Gasteiger partial charge in [0.1, 0.15) is 11.6 Å². The predicted molar refractivity (Wildman–Crippen MR) is 137 cm³/mol. The lowest BCUT2D eigenvalue weighted by atomic mass is 10.1. The Morgan fingerprint density at radius 3 is 2.46 bits per heavy atom.